The van der Waals surface area contributed by atoms with E-state index in [4.69, 9.17) is 15.1 Å². The fourth-order valence-corrected chi connectivity index (χ4v) is 6.79. The smallest absolute Gasteiger partial charge is 0.261 e. The van der Waals surface area contributed by atoms with Gasteiger partial charge in [0.05, 0.1) is 33.4 Å². The minimum atomic E-state index is -0.605. The van der Waals surface area contributed by atoms with Gasteiger partial charge in [0.15, 0.2) is 0 Å². The molecule has 0 aliphatic heterocycles. The maximum atomic E-state index is 13.5. The molecule has 0 spiro atoms. The molecule has 0 bridgehead atoms. The number of nitrogens with zero attached hydrogens (tertiary/aromatic N) is 5. The second kappa shape index (κ2) is 12.7. The van der Waals surface area contributed by atoms with E-state index in [-0.39, 0.29) is 23.8 Å². The largest absolute Gasteiger partial charge is 0.421 e. The van der Waals surface area contributed by atoms with Crippen molar-refractivity contribution in [2.45, 2.75) is 65.8 Å². The highest BCUT2D eigenvalue weighted by molar-refractivity contribution is 7.17. The van der Waals surface area contributed by atoms with Gasteiger partial charge in [0, 0.05) is 41.1 Å². The number of aromatic nitrogens is 5. The number of aryl methyl sites for hydroxylation is 5. The van der Waals surface area contributed by atoms with Gasteiger partial charge in [0.1, 0.15) is 0 Å². The number of fused-ring (bicyclic) bond motifs is 1. The minimum absolute atomic E-state index is 0.106. The summed E-state index contributed by atoms with van der Waals surface area (Å²) in [6, 6.07) is 11.5. The third-order valence-corrected chi connectivity index (χ3v) is 8.98. The summed E-state index contributed by atoms with van der Waals surface area (Å²) in [4.78, 5) is 42.0. The van der Waals surface area contributed by atoms with Crippen LogP contribution in [0.4, 0.5) is 0 Å². The summed E-state index contributed by atoms with van der Waals surface area (Å²) >= 11 is 1.29. The van der Waals surface area contributed by atoms with Gasteiger partial charge in [-0.25, -0.2) is 0 Å². The van der Waals surface area contributed by atoms with Gasteiger partial charge in [0.2, 0.25) is 11.8 Å². The third kappa shape index (κ3) is 6.39. The van der Waals surface area contributed by atoms with Gasteiger partial charge in [-0.2, -0.15) is 0 Å². The summed E-state index contributed by atoms with van der Waals surface area (Å²) in [5, 5.41) is 11.6. The van der Waals surface area contributed by atoms with Crippen LogP contribution >= 0.6 is 11.3 Å². The Labute approximate surface area is 265 Å². The van der Waals surface area contributed by atoms with E-state index in [0.717, 1.165) is 35.4 Å². The molecule has 230 valence electrons. The molecular weight excluding hydrogens is 586 g/mol. The van der Waals surface area contributed by atoms with E-state index >= 15 is 0 Å². The van der Waals surface area contributed by atoms with Crippen molar-refractivity contribution in [3.05, 3.63) is 99.0 Å². The Morgan fingerprint density at radius 2 is 1.89 bits per heavy atom. The van der Waals surface area contributed by atoms with Crippen molar-refractivity contribution in [3.63, 3.8) is 0 Å². The Bertz CT molecular complexity index is 1880. The van der Waals surface area contributed by atoms with Crippen LogP contribution < -0.4 is 11.1 Å². The number of hydrogen-bond donors (Lipinski definition) is 2. The number of nitrogens with two attached hydrogens (primary N) is 1. The first kappa shape index (κ1) is 30.3. The molecule has 3 N–H and O–H groups in total. The minimum Gasteiger partial charge on any atom is -0.421 e. The molecule has 1 aliphatic rings. The molecule has 5 heterocycles. The first-order valence-electron chi connectivity index (χ1n) is 15.1. The fraction of sp³-hybridized carbons (Fsp3) is 0.324. The van der Waals surface area contributed by atoms with E-state index in [2.05, 4.69) is 39.3 Å². The Kier molecular flexibility index (Phi) is 8.53. The molecule has 0 saturated heterocycles. The SMILES string of the molecule is Cc1ccc(CCc2nc(CC(C)C)c(C(N)=O)c(-c3ccc(C(=O)N[C@H]4CCc5ncccc54)s3)c2-c2nnc(C)o2)nc1. The first-order valence-corrected chi connectivity index (χ1v) is 15.9. The molecular formula is C34H35N7O3S. The third-order valence-electron chi connectivity index (χ3n) is 7.88. The molecule has 45 heavy (non-hydrogen) atoms. The van der Waals surface area contributed by atoms with E-state index in [0.29, 0.717) is 63.0 Å². The summed E-state index contributed by atoms with van der Waals surface area (Å²) < 4.78 is 5.96. The summed E-state index contributed by atoms with van der Waals surface area (Å²) in [6.07, 6.45) is 6.90. The summed E-state index contributed by atoms with van der Waals surface area (Å²) in [7, 11) is 0. The van der Waals surface area contributed by atoms with Crippen LogP contribution in [0, 0.1) is 19.8 Å². The van der Waals surface area contributed by atoms with Gasteiger partial charge in [-0.15, -0.1) is 21.5 Å². The van der Waals surface area contributed by atoms with Gasteiger partial charge >= 0.3 is 0 Å². The average Bonchev–Trinajstić information content (AvgIpc) is 3.76. The van der Waals surface area contributed by atoms with Crippen molar-refractivity contribution < 1.29 is 14.0 Å². The van der Waals surface area contributed by atoms with Crippen molar-refractivity contribution in [3.8, 4) is 21.9 Å². The van der Waals surface area contributed by atoms with Crippen LogP contribution in [0.3, 0.4) is 0 Å². The van der Waals surface area contributed by atoms with E-state index in [1.165, 1.54) is 11.3 Å². The number of carbonyl (C=O) groups excluding carboxylic acids is 2. The molecule has 5 aromatic heterocycles. The molecule has 0 unspecified atom stereocenters. The lowest BCUT2D eigenvalue weighted by atomic mass is 9.91. The zero-order valence-electron chi connectivity index (χ0n) is 25.8. The lowest BCUT2D eigenvalue weighted by Gasteiger charge is -2.19. The van der Waals surface area contributed by atoms with Crippen molar-refractivity contribution in [1.82, 2.24) is 30.5 Å². The van der Waals surface area contributed by atoms with Crippen LogP contribution in [0.15, 0.2) is 53.2 Å². The van der Waals surface area contributed by atoms with Crippen LogP contribution in [0.2, 0.25) is 0 Å². The quantitative estimate of drug-likeness (QED) is 0.200. The molecule has 0 aromatic carbocycles. The van der Waals surface area contributed by atoms with Crippen LogP contribution in [0.1, 0.15) is 86.1 Å². The van der Waals surface area contributed by atoms with Gasteiger partial charge in [0.25, 0.3) is 11.8 Å². The highest BCUT2D eigenvalue weighted by Gasteiger charge is 2.30. The van der Waals surface area contributed by atoms with Crippen molar-refractivity contribution in [1.29, 1.82) is 0 Å². The first-order chi connectivity index (χ1) is 21.7. The predicted molar refractivity (Wildman–Crippen MR) is 172 cm³/mol. The van der Waals surface area contributed by atoms with Gasteiger partial charge in [-0.05, 0) is 80.3 Å². The Morgan fingerprint density at radius 1 is 1.04 bits per heavy atom. The highest BCUT2D eigenvalue weighted by atomic mass is 32.1. The molecule has 10 nitrogen and oxygen atoms in total. The topological polar surface area (TPSA) is 150 Å². The number of hydrogen-bond acceptors (Lipinski definition) is 9. The fourth-order valence-electron chi connectivity index (χ4n) is 5.82. The number of primary amides is 1. The molecule has 6 rings (SSSR count). The zero-order valence-corrected chi connectivity index (χ0v) is 26.6. The van der Waals surface area contributed by atoms with Crippen LogP contribution in [0.5, 0.6) is 0 Å². The second-order valence-corrected chi connectivity index (χ2v) is 12.9. The zero-order chi connectivity index (χ0) is 31.7. The summed E-state index contributed by atoms with van der Waals surface area (Å²) in [5.41, 5.74) is 12.9. The maximum absolute atomic E-state index is 13.5. The Balaban J connectivity index is 1.45. The number of pyridine rings is 3. The highest BCUT2D eigenvalue weighted by Crippen LogP contribution is 2.42. The van der Waals surface area contributed by atoms with Crippen LogP contribution in [-0.4, -0.2) is 37.0 Å². The molecule has 0 radical (unpaired) electrons. The second-order valence-electron chi connectivity index (χ2n) is 11.8. The molecule has 1 atom stereocenters. The molecule has 0 saturated carbocycles. The maximum Gasteiger partial charge on any atom is 0.261 e. The number of rotatable bonds is 10. The van der Waals surface area contributed by atoms with Crippen LogP contribution in [0.25, 0.3) is 21.9 Å². The average molecular weight is 622 g/mol. The molecule has 2 amide bonds. The van der Waals surface area contributed by atoms with Gasteiger partial charge in [-0.3, -0.25) is 24.5 Å². The van der Waals surface area contributed by atoms with Gasteiger partial charge in [-0.1, -0.05) is 26.0 Å². The lowest BCUT2D eigenvalue weighted by Crippen LogP contribution is -2.26. The van der Waals surface area contributed by atoms with Gasteiger partial charge < -0.3 is 15.5 Å². The van der Waals surface area contributed by atoms with Crippen molar-refractivity contribution in [2.24, 2.45) is 11.7 Å². The van der Waals surface area contributed by atoms with Crippen molar-refractivity contribution in [2.75, 3.05) is 0 Å². The monoisotopic (exact) mass is 621 g/mol. The van der Waals surface area contributed by atoms with E-state index in [1.807, 2.05) is 43.5 Å². The summed E-state index contributed by atoms with van der Waals surface area (Å²) in [6.45, 7) is 7.86. The lowest BCUT2D eigenvalue weighted by molar-refractivity contribution is 0.0939. The van der Waals surface area contributed by atoms with Crippen LogP contribution in [-0.2, 0) is 25.7 Å². The normalized spacial score (nSPS) is 14.1. The molecule has 1 aliphatic carbocycles. The number of carbonyl (C=O) groups is 2. The Hall–Kier alpha value is -4.77. The predicted octanol–water partition coefficient (Wildman–Crippen LogP) is 5.77. The standard InChI is InChI=1S/C34H35N7O3S/c1-18(2)16-26-29(32(35)42)31(27-13-14-28(45-27)33(43)39-24-12-11-23-22(24)6-5-15-36-23)30(34-41-40-20(4)44-34)25(38-26)10-9-21-8-7-19(3)17-37-21/h5-8,13-15,17-18,24H,9-12,16H2,1-4H3,(H2,35,42)(H,39,43)/t24-/m0/s1. The molecule has 0 fully saturated rings. The van der Waals surface area contributed by atoms with E-state index in [1.54, 1.807) is 19.2 Å². The van der Waals surface area contributed by atoms with Crippen molar-refractivity contribution >= 4 is 23.2 Å². The van der Waals surface area contributed by atoms with E-state index in [9.17, 15) is 9.59 Å². The summed E-state index contributed by atoms with van der Waals surface area (Å²) in [5.74, 6) is 0.0410. The number of amides is 2. The molecule has 5 aromatic rings. The molecule has 11 heteroatoms. The Morgan fingerprint density at radius 3 is 2.60 bits per heavy atom. The van der Waals surface area contributed by atoms with E-state index < -0.39 is 5.91 Å². The number of thiophene rings is 1. The number of nitrogens with one attached hydrogen (secondary N) is 1.